The fraction of sp³-hybridized carbons (Fsp3) is 0.667. The van der Waals surface area contributed by atoms with Crippen LogP contribution in [0.1, 0.15) is 49.6 Å². The third-order valence-corrected chi connectivity index (χ3v) is 3.22. The van der Waals surface area contributed by atoms with Gasteiger partial charge in [0.1, 0.15) is 11.8 Å². The maximum absolute atomic E-state index is 12.3. The van der Waals surface area contributed by atoms with Gasteiger partial charge in [-0.3, -0.25) is 9.48 Å². The van der Waals surface area contributed by atoms with Crippen molar-refractivity contribution in [3.8, 4) is 0 Å². The van der Waals surface area contributed by atoms with Crippen LogP contribution in [0.25, 0.3) is 0 Å². The van der Waals surface area contributed by atoms with Crippen LogP contribution in [-0.4, -0.2) is 28.3 Å². The summed E-state index contributed by atoms with van der Waals surface area (Å²) in [6, 6.07) is 0.116. The van der Waals surface area contributed by atoms with Gasteiger partial charge < -0.3 is 4.74 Å². The first-order chi connectivity index (χ1) is 8.11. The van der Waals surface area contributed by atoms with E-state index >= 15 is 0 Å². The van der Waals surface area contributed by atoms with Gasteiger partial charge >= 0.3 is 0 Å². The van der Waals surface area contributed by atoms with Crippen LogP contribution in [0.2, 0.25) is 5.02 Å². The first-order valence-corrected chi connectivity index (χ1v) is 6.38. The van der Waals surface area contributed by atoms with E-state index in [9.17, 15) is 4.79 Å². The lowest BCUT2D eigenvalue weighted by molar-refractivity contribution is 0.0178. The topological polar surface area (TPSA) is 44.1 Å². The van der Waals surface area contributed by atoms with Crippen LogP contribution >= 0.6 is 11.6 Å². The molecule has 5 heteroatoms. The third kappa shape index (κ3) is 2.53. The van der Waals surface area contributed by atoms with Crippen LogP contribution in [0.4, 0.5) is 0 Å². The zero-order valence-corrected chi connectivity index (χ0v) is 10.9. The minimum absolute atomic E-state index is 0.0408. The van der Waals surface area contributed by atoms with Crippen molar-refractivity contribution in [2.75, 3.05) is 6.61 Å². The molecule has 2 heterocycles. The fourth-order valence-corrected chi connectivity index (χ4v) is 2.29. The molecule has 0 bridgehead atoms. The SMILES string of the molecule is CC(C)n1ncc(Cl)c1C(=O)C1CCCCO1. The van der Waals surface area contributed by atoms with Gasteiger partial charge in [0, 0.05) is 12.6 Å². The molecule has 1 fully saturated rings. The Bertz CT molecular complexity index is 409. The normalized spacial score (nSPS) is 20.8. The molecule has 1 aliphatic heterocycles. The maximum atomic E-state index is 12.3. The number of carbonyl (C=O) groups excluding carboxylic acids is 1. The molecular formula is C12H17ClN2O2. The summed E-state index contributed by atoms with van der Waals surface area (Å²) in [5.41, 5.74) is 0.480. The van der Waals surface area contributed by atoms with Crippen molar-refractivity contribution in [3.63, 3.8) is 0 Å². The first kappa shape index (κ1) is 12.6. The highest BCUT2D eigenvalue weighted by Crippen LogP contribution is 2.24. The van der Waals surface area contributed by atoms with Gasteiger partial charge in [-0.15, -0.1) is 0 Å². The number of carbonyl (C=O) groups is 1. The Labute approximate surface area is 106 Å². The van der Waals surface area contributed by atoms with Gasteiger partial charge in [-0.2, -0.15) is 5.10 Å². The number of aromatic nitrogens is 2. The molecule has 0 saturated carbocycles. The molecule has 0 radical (unpaired) electrons. The highest BCUT2D eigenvalue weighted by Gasteiger charge is 2.28. The second-order valence-electron chi connectivity index (χ2n) is 4.60. The standard InChI is InChI=1S/C12H17ClN2O2/c1-8(2)15-11(9(13)7-14-15)12(16)10-5-3-4-6-17-10/h7-8,10H,3-6H2,1-2H3. The van der Waals surface area contributed by atoms with Gasteiger partial charge in [0.05, 0.1) is 11.2 Å². The molecule has 1 saturated heterocycles. The monoisotopic (exact) mass is 256 g/mol. The van der Waals surface area contributed by atoms with Crippen LogP contribution in [0.3, 0.4) is 0 Å². The van der Waals surface area contributed by atoms with Crippen molar-refractivity contribution in [2.24, 2.45) is 0 Å². The van der Waals surface area contributed by atoms with Crippen LogP contribution in [-0.2, 0) is 4.74 Å². The number of halogens is 1. The molecule has 0 N–H and O–H groups in total. The second kappa shape index (κ2) is 5.19. The molecule has 1 aliphatic rings. The highest BCUT2D eigenvalue weighted by molar-refractivity contribution is 6.33. The molecule has 2 rings (SSSR count). The minimum Gasteiger partial charge on any atom is -0.370 e. The van der Waals surface area contributed by atoms with Crippen LogP contribution < -0.4 is 0 Å². The quantitative estimate of drug-likeness (QED) is 0.781. The molecule has 4 nitrogen and oxygen atoms in total. The van der Waals surface area contributed by atoms with Crippen molar-refractivity contribution in [2.45, 2.75) is 45.3 Å². The van der Waals surface area contributed by atoms with Crippen molar-refractivity contribution < 1.29 is 9.53 Å². The van der Waals surface area contributed by atoms with Crippen molar-refractivity contribution in [1.82, 2.24) is 9.78 Å². The van der Waals surface area contributed by atoms with E-state index in [1.165, 1.54) is 6.20 Å². The lowest BCUT2D eigenvalue weighted by atomic mass is 10.0. The van der Waals surface area contributed by atoms with Crippen molar-refractivity contribution in [3.05, 3.63) is 16.9 Å². The molecule has 0 spiro atoms. The number of Topliss-reactive ketones (excluding diaryl/α,β-unsaturated/α-hetero) is 1. The summed E-state index contributed by atoms with van der Waals surface area (Å²) in [6.45, 7) is 4.60. The molecule has 0 aromatic carbocycles. The van der Waals surface area contributed by atoms with E-state index in [1.54, 1.807) is 4.68 Å². The Morgan fingerprint density at radius 3 is 2.94 bits per heavy atom. The molecule has 17 heavy (non-hydrogen) atoms. The number of rotatable bonds is 3. The van der Waals surface area contributed by atoms with E-state index in [-0.39, 0.29) is 17.9 Å². The van der Waals surface area contributed by atoms with Crippen molar-refractivity contribution in [1.29, 1.82) is 0 Å². The predicted octanol–water partition coefficient (Wildman–Crippen LogP) is 2.87. The van der Waals surface area contributed by atoms with Gasteiger partial charge in [0.15, 0.2) is 0 Å². The Balaban J connectivity index is 2.26. The number of ether oxygens (including phenoxy) is 1. The van der Waals surface area contributed by atoms with Gasteiger partial charge in [0.25, 0.3) is 0 Å². The molecule has 1 unspecified atom stereocenters. The van der Waals surface area contributed by atoms with E-state index in [1.807, 2.05) is 13.8 Å². The minimum atomic E-state index is -0.351. The highest BCUT2D eigenvalue weighted by atomic mass is 35.5. The van der Waals surface area contributed by atoms with Crippen molar-refractivity contribution >= 4 is 17.4 Å². The Hall–Kier alpha value is -0.870. The second-order valence-corrected chi connectivity index (χ2v) is 5.01. The molecular weight excluding hydrogens is 240 g/mol. The Kier molecular flexibility index (Phi) is 3.84. The molecule has 0 amide bonds. The summed E-state index contributed by atoms with van der Waals surface area (Å²) >= 11 is 6.04. The largest absolute Gasteiger partial charge is 0.370 e. The zero-order chi connectivity index (χ0) is 12.4. The third-order valence-electron chi connectivity index (χ3n) is 2.95. The molecule has 1 aromatic heterocycles. The zero-order valence-electron chi connectivity index (χ0n) is 10.1. The van der Waals surface area contributed by atoms with Crippen LogP contribution in [0, 0.1) is 0 Å². The summed E-state index contributed by atoms with van der Waals surface area (Å²) < 4.78 is 7.17. The predicted molar refractivity (Wildman–Crippen MR) is 65.5 cm³/mol. The van der Waals surface area contributed by atoms with E-state index < -0.39 is 0 Å². The summed E-state index contributed by atoms with van der Waals surface area (Å²) in [7, 11) is 0. The number of nitrogens with zero attached hydrogens (tertiary/aromatic N) is 2. The number of ketones is 1. The summed E-state index contributed by atoms with van der Waals surface area (Å²) in [4.78, 5) is 12.3. The summed E-state index contributed by atoms with van der Waals surface area (Å²) in [5.74, 6) is -0.0408. The van der Waals surface area contributed by atoms with E-state index in [2.05, 4.69) is 5.10 Å². The first-order valence-electron chi connectivity index (χ1n) is 6.00. The van der Waals surface area contributed by atoms with E-state index in [0.717, 1.165) is 19.3 Å². The average molecular weight is 257 g/mol. The van der Waals surface area contributed by atoms with Gasteiger partial charge in [-0.25, -0.2) is 0 Å². The molecule has 0 aliphatic carbocycles. The Morgan fingerprint density at radius 1 is 1.59 bits per heavy atom. The van der Waals surface area contributed by atoms with Gasteiger partial charge in [-0.1, -0.05) is 11.6 Å². The Morgan fingerprint density at radius 2 is 2.35 bits per heavy atom. The summed E-state index contributed by atoms with van der Waals surface area (Å²) in [5, 5.41) is 4.55. The van der Waals surface area contributed by atoms with Gasteiger partial charge in [0.2, 0.25) is 5.78 Å². The lowest BCUT2D eigenvalue weighted by Gasteiger charge is -2.22. The molecule has 1 aromatic rings. The molecule has 1 atom stereocenters. The van der Waals surface area contributed by atoms with Gasteiger partial charge in [-0.05, 0) is 33.1 Å². The van der Waals surface area contributed by atoms with Crippen LogP contribution in [0.15, 0.2) is 6.20 Å². The number of hydrogen-bond acceptors (Lipinski definition) is 3. The average Bonchev–Trinajstić information content (AvgIpc) is 2.71. The molecule has 94 valence electrons. The van der Waals surface area contributed by atoms with E-state index in [0.29, 0.717) is 17.3 Å². The maximum Gasteiger partial charge on any atom is 0.211 e. The summed E-state index contributed by atoms with van der Waals surface area (Å²) in [6.07, 6.45) is 4.01. The van der Waals surface area contributed by atoms with E-state index in [4.69, 9.17) is 16.3 Å². The number of hydrogen-bond donors (Lipinski definition) is 0. The lowest BCUT2D eigenvalue weighted by Crippen LogP contribution is -2.30. The van der Waals surface area contributed by atoms with Crippen LogP contribution in [0.5, 0.6) is 0 Å². The smallest absolute Gasteiger partial charge is 0.211 e. The fourth-order valence-electron chi connectivity index (χ4n) is 2.06.